The van der Waals surface area contributed by atoms with Crippen LogP contribution in [0.15, 0.2) is 60.7 Å². The Morgan fingerprint density at radius 1 is 0.976 bits per heavy atom. The highest BCUT2D eigenvalue weighted by Crippen LogP contribution is 2.23. The van der Waals surface area contributed by atoms with Crippen LogP contribution in [0.5, 0.6) is 0 Å². The van der Waals surface area contributed by atoms with Gasteiger partial charge in [-0.05, 0) is 51.2 Å². The van der Waals surface area contributed by atoms with Crippen LogP contribution in [-0.4, -0.2) is 82.0 Å². The number of rotatable bonds is 11. The SMILES string of the molecule is CC(C)(C)OC(=O)C1CCCN1C(=O)C(O)C(Cc1ccccc1)NC(=O)C(CO)NC(=O)OCc1ccccc1. The van der Waals surface area contributed by atoms with Gasteiger partial charge in [0, 0.05) is 6.54 Å². The number of carbonyl (C=O) groups excluding carboxylic acids is 4. The Kier molecular flexibility index (Phi) is 11.2. The van der Waals surface area contributed by atoms with E-state index in [9.17, 15) is 29.4 Å². The summed E-state index contributed by atoms with van der Waals surface area (Å²) in [7, 11) is 0. The number of amides is 3. The molecule has 4 atom stereocenters. The Morgan fingerprint density at radius 3 is 2.17 bits per heavy atom. The van der Waals surface area contributed by atoms with E-state index in [0.29, 0.717) is 12.8 Å². The van der Waals surface area contributed by atoms with Crippen molar-refractivity contribution in [2.24, 2.45) is 0 Å². The Bertz CT molecular complexity index is 1170. The summed E-state index contributed by atoms with van der Waals surface area (Å²) in [6.45, 7) is 4.66. The smallest absolute Gasteiger partial charge is 0.408 e. The summed E-state index contributed by atoms with van der Waals surface area (Å²) >= 11 is 0. The van der Waals surface area contributed by atoms with E-state index < -0.39 is 60.3 Å². The number of aliphatic hydroxyl groups is 2. The van der Waals surface area contributed by atoms with E-state index in [1.807, 2.05) is 6.07 Å². The van der Waals surface area contributed by atoms with Crippen molar-refractivity contribution in [3.05, 3.63) is 71.8 Å². The third kappa shape index (κ3) is 9.58. The number of nitrogens with one attached hydrogen (secondary N) is 2. The van der Waals surface area contributed by atoms with Crippen LogP contribution in [0, 0.1) is 0 Å². The average Bonchev–Trinajstić information content (AvgIpc) is 3.44. The number of nitrogens with zero attached hydrogens (tertiary/aromatic N) is 1. The summed E-state index contributed by atoms with van der Waals surface area (Å²) in [5, 5.41) is 25.9. The van der Waals surface area contributed by atoms with Crippen LogP contribution in [0.2, 0.25) is 0 Å². The summed E-state index contributed by atoms with van der Waals surface area (Å²) in [5.41, 5.74) is 0.722. The maximum absolute atomic E-state index is 13.5. The zero-order valence-corrected chi connectivity index (χ0v) is 23.6. The number of alkyl carbamates (subject to hydrolysis) is 1. The number of aliphatic hydroxyl groups excluding tert-OH is 2. The molecular weight excluding hydrogens is 530 g/mol. The molecule has 0 spiro atoms. The molecule has 2 aromatic rings. The number of likely N-dealkylation sites (tertiary alicyclic amines) is 1. The zero-order chi connectivity index (χ0) is 30.0. The van der Waals surface area contributed by atoms with Crippen LogP contribution < -0.4 is 10.6 Å². The molecule has 0 bridgehead atoms. The average molecular weight is 570 g/mol. The third-order valence-corrected chi connectivity index (χ3v) is 6.48. The topological polar surface area (TPSA) is 154 Å². The Labute approximate surface area is 239 Å². The van der Waals surface area contributed by atoms with Gasteiger partial charge in [0.2, 0.25) is 5.91 Å². The predicted molar refractivity (Wildman–Crippen MR) is 149 cm³/mol. The third-order valence-electron chi connectivity index (χ3n) is 6.48. The lowest BCUT2D eigenvalue weighted by Gasteiger charge is -2.32. The minimum absolute atomic E-state index is 0.0368. The van der Waals surface area contributed by atoms with Gasteiger partial charge < -0.3 is 35.2 Å². The van der Waals surface area contributed by atoms with Crippen LogP contribution in [-0.2, 0) is 36.9 Å². The first kappa shape index (κ1) is 31.6. The second-order valence-electron chi connectivity index (χ2n) is 10.9. The first-order chi connectivity index (χ1) is 19.5. The minimum Gasteiger partial charge on any atom is -0.458 e. The van der Waals surface area contributed by atoms with Gasteiger partial charge in [-0.25, -0.2) is 9.59 Å². The molecule has 3 rings (SSSR count). The van der Waals surface area contributed by atoms with Gasteiger partial charge in [-0.3, -0.25) is 9.59 Å². The summed E-state index contributed by atoms with van der Waals surface area (Å²) < 4.78 is 10.6. The van der Waals surface area contributed by atoms with Gasteiger partial charge in [0.25, 0.3) is 5.91 Å². The van der Waals surface area contributed by atoms with E-state index in [-0.39, 0.29) is 19.6 Å². The molecule has 11 heteroatoms. The highest BCUT2D eigenvalue weighted by atomic mass is 16.6. The molecule has 11 nitrogen and oxygen atoms in total. The van der Waals surface area contributed by atoms with Gasteiger partial charge in [0.1, 0.15) is 24.3 Å². The molecule has 0 radical (unpaired) electrons. The highest BCUT2D eigenvalue weighted by molar-refractivity contribution is 5.90. The molecule has 41 heavy (non-hydrogen) atoms. The fourth-order valence-electron chi connectivity index (χ4n) is 4.48. The van der Waals surface area contributed by atoms with Gasteiger partial charge >= 0.3 is 12.1 Å². The van der Waals surface area contributed by atoms with Crippen molar-refractivity contribution in [2.45, 2.75) is 76.5 Å². The monoisotopic (exact) mass is 569 g/mol. The molecule has 2 aromatic carbocycles. The van der Waals surface area contributed by atoms with Crippen molar-refractivity contribution in [2.75, 3.05) is 13.2 Å². The fourth-order valence-corrected chi connectivity index (χ4v) is 4.48. The van der Waals surface area contributed by atoms with Gasteiger partial charge in [0.05, 0.1) is 12.6 Å². The maximum Gasteiger partial charge on any atom is 0.408 e. The Balaban J connectivity index is 1.70. The maximum atomic E-state index is 13.5. The van der Waals surface area contributed by atoms with E-state index in [4.69, 9.17) is 9.47 Å². The number of hydrogen-bond donors (Lipinski definition) is 4. The van der Waals surface area contributed by atoms with Gasteiger partial charge in [-0.15, -0.1) is 0 Å². The number of esters is 1. The summed E-state index contributed by atoms with van der Waals surface area (Å²) in [6, 6.07) is 14.5. The molecule has 4 unspecified atom stereocenters. The summed E-state index contributed by atoms with van der Waals surface area (Å²) in [4.78, 5) is 52.9. The normalized spacial score (nSPS) is 17.2. The molecule has 1 heterocycles. The molecule has 4 N–H and O–H groups in total. The number of ether oxygens (including phenoxy) is 2. The molecule has 222 valence electrons. The number of hydrogen-bond acceptors (Lipinski definition) is 8. The van der Waals surface area contributed by atoms with Crippen molar-refractivity contribution in [3.63, 3.8) is 0 Å². The number of benzene rings is 2. The van der Waals surface area contributed by atoms with Gasteiger partial charge in [-0.1, -0.05) is 60.7 Å². The van der Waals surface area contributed by atoms with Crippen molar-refractivity contribution < 1.29 is 38.9 Å². The molecule has 1 fully saturated rings. The van der Waals surface area contributed by atoms with Crippen LogP contribution in [0.4, 0.5) is 4.79 Å². The highest BCUT2D eigenvalue weighted by Gasteiger charge is 2.41. The molecular formula is C30H39N3O8. The van der Waals surface area contributed by atoms with Crippen molar-refractivity contribution in [3.8, 4) is 0 Å². The van der Waals surface area contributed by atoms with Gasteiger partial charge in [0.15, 0.2) is 6.10 Å². The first-order valence-electron chi connectivity index (χ1n) is 13.6. The van der Waals surface area contributed by atoms with E-state index >= 15 is 0 Å². The van der Waals surface area contributed by atoms with E-state index in [0.717, 1.165) is 11.1 Å². The predicted octanol–water partition coefficient (Wildman–Crippen LogP) is 1.69. The van der Waals surface area contributed by atoms with Crippen molar-refractivity contribution >= 4 is 23.9 Å². The van der Waals surface area contributed by atoms with Gasteiger partial charge in [-0.2, -0.15) is 0 Å². The lowest BCUT2D eigenvalue weighted by molar-refractivity contribution is -0.165. The van der Waals surface area contributed by atoms with Crippen molar-refractivity contribution in [1.29, 1.82) is 0 Å². The van der Waals surface area contributed by atoms with E-state index in [1.165, 1.54) is 4.90 Å². The van der Waals surface area contributed by atoms with E-state index in [2.05, 4.69) is 10.6 Å². The second-order valence-corrected chi connectivity index (χ2v) is 10.9. The Morgan fingerprint density at radius 2 is 1.59 bits per heavy atom. The lowest BCUT2D eigenvalue weighted by atomic mass is 9.99. The summed E-state index contributed by atoms with van der Waals surface area (Å²) in [5.74, 6) is -2.10. The zero-order valence-electron chi connectivity index (χ0n) is 23.6. The molecule has 0 aliphatic carbocycles. The lowest BCUT2D eigenvalue weighted by Crippen LogP contribution is -2.58. The number of carbonyl (C=O) groups is 4. The quantitative estimate of drug-likeness (QED) is 0.298. The minimum atomic E-state index is -1.72. The second kappa shape index (κ2) is 14.6. The molecule has 1 aliphatic rings. The molecule has 0 aromatic heterocycles. The largest absolute Gasteiger partial charge is 0.458 e. The fraction of sp³-hybridized carbons (Fsp3) is 0.467. The molecule has 1 aliphatic heterocycles. The first-order valence-corrected chi connectivity index (χ1v) is 13.6. The standard InChI is InChI=1S/C30H39N3O8/c1-30(2,3)41-28(38)24-15-10-16-33(24)27(37)25(35)22(17-20-11-6-4-7-12-20)31-26(36)23(18-34)32-29(39)40-19-21-13-8-5-9-14-21/h4-9,11-14,22-25,34-35H,10,15-19H2,1-3H3,(H,31,36)(H,32,39). The molecule has 3 amide bonds. The van der Waals surface area contributed by atoms with E-state index in [1.54, 1.807) is 75.4 Å². The summed E-state index contributed by atoms with van der Waals surface area (Å²) in [6.07, 6.45) is -1.62. The van der Waals surface area contributed by atoms with Crippen LogP contribution >= 0.6 is 0 Å². The molecule has 0 saturated carbocycles. The van der Waals surface area contributed by atoms with Crippen molar-refractivity contribution in [1.82, 2.24) is 15.5 Å². The van der Waals surface area contributed by atoms with Crippen LogP contribution in [0.25, 0.3) is 0 Å². The molecule has 1 saturated heterocycles. The van der Waals surface area contributed by atoms with Crippen LogP contribution in [0.3, 0.4) is 0 Å². The van der Waals surface area contributed by atoms with Crippen LogP contribution in [0.1, 0.15) is 44.7 Å². The Hall–Kier alpha value is -3.96.